The van der Waals surface area contributed by atoms with Gasteiger partial charge < -0.3 is 10.6 Å². The minimum atomic E-state index is -1.22. The second kappa shape index (κ2) is 8.46. The molecule has 1 aliphatic heterocycles. The van der Waals surface area contributed by atoms with E-state index in [4.69, 9.17) is 0 Å². The van der Waals surface area contributed by atoms with Crippen molar-refractivity contribution in [2.75, 3.05) is 6.54 Å². The van der Waals surface area contributed by atoms with Crippen LogP contribution in [0.3, 0.4) is 0 Å². The number of carbonyl (C=O) groups is 3. The zero-order valence-electron chi connectivity index (χ0n) is 18.5. The maximum atomic E-state index is 13.2. The van der Waals surface area contributed by atoms with Crippen LogP contribution in [0.2, 0.25) is 0 Å². The summed E-state index contributed by atoms with van der Waals surface area (Å²) in [6, 6.07) is 20.7. The number of fused-ring (bicyclic) bond motifs is 1. The van der Waals surface area contributed by atoms with Crippen molar-refractivity contribution in [1.29, 1.82) is 0 Å². The quantitative estimate of drug-likeness (QED) is 0.581. The van der Waals surface area contributed by atoms with Crippen molar-refractivity contribution in [3.05, 3.63) is 83.4 Å². The van der Waals surface area contributed by atoms with Gasteiger partial charge in [-0.3, -0.25) is 14.5 Å². The number of hydrogen-bond donors (Lipinski definition) is 2. The summed E-state index contributed by atoms with van der Waals surface area (Å²) in [4.78, 5) is 39.4. The molecule has 32 heavy (non-hydrogen) atoms. The van der Waals surface area contributed by atoms with Crippen LogP contribution in [0.5, 0.6) is 0 Å². The lowest BCUT2D eigenvalue weighted by molar-refractivity contribution is -0.135. The number of nitrogens with zero attached hydrogens (tertiary/aromatic N) is 1. The number of benzene rings is 3. The molecule has 4 rings (SSSR count). The van der Waals surface area contributed by atoms with Gasteiger partial charge in [-0.2, -0.15) is 0 Å². The molecule has 1 fully saturated rings. The Kier molecular flexibility index (Phi) is 5.70. The van der Waals surface area contributed by atoms with Gasteiger partial charge in [0, 0.05) is 0 Å². The van der Waals surface area contributed by atoms with Crippen molar-refractivity contribution in [3.8, 4) is 0 Å². The van der Waals surface area contributed by atoms with Crippen molar-refractivity contribution >= 4 is 28.6 Å². The van der Waals surface area contributed by atoms with E-state index >= 15 is 0 Å². The van der Waals surface area contributed by atoms with Crippen LogP contribution in [0.15, 0.2) is 66.7 Å². The van der Waals surface area contributed by atoms with Crippen molar-refractivity contribution in [2.24, 2.45) is 0 Å². The van der Waals surface area contributed by atoms with E-state index in [0.717, 1.165) is 27.7 Å². The Morgan fingerprint density at radius 2 is 1.72 bits per heavy atom. The topological polar surface area (TPSA) is 78.5 Å². The standard InChI is InChI=1S/C26H27N3O3/c1-4-18-9-11-19(12-10-18)17(2)27-23(30)16-29-24(31)26(3,28-25(29)32)22-14-13-20-7-5-6-8-21(20)15-22/h5-15,17H,4,16H2,1-3H3,(H,27,30)(H,28,32). The summed E-state index contributed by atoms with van der Waals surface area (Å²) < 4.78 is 0. The van der Waals surface area contributed by atoms with Crippen LogP contribution in [0, 0.1) is 0 Å². The van der Waals surface area contributed by atoms with Crippen LogP contribution in [0.1, 0.15) is 43.5 Å². The molecule has 4 amide bonds. The molecule has 3 aromatic rings. The third-order valence-electron chi connectivity index (χ3n) is 6.17. The summed E-state index contributed by atoms with van der Waals surface area (Å²) in [5.74, 6) is -0.823. The van der Waals surface area contributed by atoms with Crippen LogP contribution in [0.25, 0.3) is 10.8 Å². The highest BCUT2D eigenvalue weighted by Crippen LogP contribution is 2.31. The van der Waals surface area contributed by atoms with Gasteiger partial charge in [0.2, 0.25) is 5.91 Å². The Labute approximate surface area is 187 Å². The van der Waals surface area contributed by atoms with Crippen LogP contribution >= 0.6 is 0 Å². The Bertz CT molecular complexity index is 1190. The number of imide groups is 1. The normalized spacial score (nSPS) is 19.2. The minimum absolute atomic E-state index is 0.235. The van der Waals surface area contributed by atoms with E-state index in [2.05, 4.69) is 17.6 Å². The van der Waals surface area contributed by atoms with E-state index in [9.17, 15) is 14.4 Å². The van der Waals surface area contributed by atoms with Gasteiger partial charge in [-0.15, -0.1) is 0 Å². The second-order valence-corrected chi connectivity index (χ2v) is 8.39. The van der Waals surface area contributed by atoms with Crippen molar-refractivity contribution in [2.45, 2.75) is 38.8 Å². The summed E-state index contributed by atoms with van der Waals surface area (Å²) in [5.41, 5.74) is 1.65. The summed E-state index contributed by atoms with van der Waals surface area (Å²) in [5, 5.41) is 7.68. The van der Waals surface area contributed by atoms with E-state index in [0.29, 0.717) is 5.56 Å². The van der Waals surface area contributed by atoms with Gasteiger partial charge in [-0.1, -0.05) is 67.6 Å². The molecule has 0 aliphatic carbocycles. The van der Waals surface area contributed by atoms with Gasteiger partial charge in [0.15, 0.2) is 0 Å². The third-order valence-corrected chi connectivity index (χ3v) is 6.17. The van der Waals surface area contributed by atoms with Crippen molar-refractivity contribution < 1.29 is 14.4 Å². The lowest BCUT2D eigenvalue weighted by Gasteiger charge is -2.23. The molecule has 3 aromatic carbocycles. The molecule has 1 aliphatic rings. The molecule has 0 radical (unpaired) electrons. The van der Waals surface area contributed by atoms with E-state index in [1.807, 2.05) is 73.7 Å². The smallest absolute Gasteiger partial charge is 0.325 e. The van der Waals surface area contributed by atoms with Crippen LogP contribution in [-0.4, -0.2) is 29.3 Å². The monoisotopic (exact) mass is 429 g/mol. The van der Waals surface area contributed by atoms with Crippen molar-refractivity contribution in [1.82, 2.24) is 15.5 Å². The molecule has 2 unspecified atom stereocenters. The zero-order valence-corrected chi connectivity index (χ0v) is 18.5. The van der Waals surface area contributed by atoms with E-state index in [1.165, 1.54) is 5.56 Å². The molecule has 1 heterocycles. The molecule has 0 spiro atoms. The molecule has 0 saturated carbocycles. The summed E-state index contributed by atoms with van der Waals surface area (Å²) in [6.45, 7) is 5.31. The fourth-order valence-corrected chi connectivity index (χ4v) is 4.09. The van der Waals surface area contributed by atoms with Crippen LogP contribution < -0.4 is 10.6 Å². The number of nitrogens with one attached hydrogen (secondary N) is 2. The maximum Gasteiger partial charge on any atom is 0.325 e. The Hall–Kier alpha value is -3.67. The number of amides is 4. The fraction of sp³-hybridized carbons (Fsp3) is 0.269. The number of rotatable bonds is 6. The minimum Gasteiger partial charge on any atom is -0.348 e. The summed E-state index contributed by atoms with van der Waals surface area (Å²) in [6.07, 6.45) is 0.948. The first-order valence-electron chi connectivity index (χ1n) is 10.8. The zero-order chi connectivity index (χ0) is 22.9. The fourth-order valence-electron chi connectivity index (χ4n) is 4.09. The van der Waals surface area contributed by atoms with Crippen LogP contribution in [0.4, 0.5) is 4.79 Å². The lowest BCUT2D eigenvalue weighted by atomic mass is 9.90. The Balaban J connectivity index is 1.47. The highest BCUT2D eigenvalue weighted by molar-refractivity contribution is 6.09. The average Bonchev–Trinajstić information content (AvgIpc) is 3.02. The number of hydrogen-bond acceptors (Lipinski definition) is 3. The van der Waals surface area contributed by atoms with Gasteiger partial charge in [0.05, 0.1) is 6.04 Å². The number of urea groups is 1. The van der Waals surface area contributed by atoms with Gasteiger partial charge >= 0.3 is 6.03 Å². The average molecular weight is 430 g/mol. The predicted octanol–water partition coefficient (Wildman–Crippen LogP) is 4.05. The predicted molar refractivity (Wildman–Crippen MR) is 124 cm³/mol. The van der Waals surface area contributed by atoms with E-state index in [1.54, 1.807) is 6.92 Å². The first kappa shape index (κ1) is 21.6. The first-order chi connectivity index (χ1) is 15.3. The number of carbonyl (C=O) groups excluding carboxylic acids is 3. The van der Waals surface area contributed by atoms with Crippen molar-refractivity contribution in [3.63, 3.8) is 0 Å². The molecule has 1 saturated heterocycles. The Morgan fingerprint density at radius 1 is 1.03 bits per heavy atom. The SMILES string of the molecule is CCc1ccc(C(C)NC(=O)CN2C(=O)NC(C)(c3ccc4ccccc4c3)C2=O)cc1. The highest BCUT2D eigenvalue weighted by atomic mass is 16.2. The Morgan fingerprint density at radius 3 is 2.41 bits per heavy atom. The first-order valence-corrected chi connectivity index (χ1v) is 10.8. The van der Waals surface area contributed by atoms with Gasteiger partial charge in [0.25, 0.3) is 5.91 Å². The maximum absolute atomic E-state index is 13.2. The summed E-state index contributed by atoms with van der Waals surface area (Å²) in [7, 11) is 0. The van der Waals surface area contributed by atoms with Gasteiger partial charge in [-0.05, 0) is 53.8 Å². The molecule has 6 heteroatoms. The second-order valence-electron chi connectivity index (χ2n) is 8.39. The largest absolute Gasteiger partial charge is 0.348 e. The summed E-state index contributed by atoms with van der Waals surface area (Å²) >= 11 is 0. The molecule has 0 aromatic heterocycles. The molecule has 0 bridgehead atoms. The van der Waals surface area contributed by atoms with Gasteiger partial charge in [-0.25, -0.2) is 4.79 Å². The lowest BCUT2D eigenvalue weighted by Crippen LogP contribution is -2.43. The van der Waals surface area contributed by atoms with Gasteiger partial charge in [0.1, 0.15) is 12.1 Å². The third kappa shape index (κ3) is 3.96. The molecule has 2 N–H and O–H groups in total. The number of aryl methyl sites for hydroxylation is 1. The van der Waals surface area contributed by atoms with E-state index < -0.39 is 17.5 Å². The van der Waals surface area contributed by atoms with E-state index in [-0.39, 0.29) is 18.5 Å². The molecule has 6 nitrogen and oxygen atoms in total. The molecular weight excluding hydrogens is 402 g/mol. The van der Waals surface area contributed by atoms with Crippen LogP contribution in [-0.2, 0) is 21.5 Å². The molecule has 164 valence electrons. The molecular formula is C26H27N3O3. The highest BCUT2D eigenvalue weighted by Gasteiger charge is 2.49. The molecule has 2 atom stereocenters.